The number of methoxy groups -OCH3 is 1. The number of halogens is 1. The molecule has 0 atom stereocenters. The molecule has 162 valence electrons. The van der Waals surface area contributed by atoms with E-state index < -0.39 is 0 Å². The van der Waals surface area contributed by atoms with Crippen molar-refractivity contribution in [2.75, 3.05) is 19.0 Å². The van der Waals surface area contributed by atoms with Crippen LogP contribution < -0.4 is 10.1 Å². The van der Waals surface area contributed by atoms with Gasteiger partial charge in [-0.05, 0) is 54.3 Å². The van der Waals surface area contributed by atoms with E-state index in [-0.39, 0.29) is 24.1 Å². The van der Waals surface area contributed by atoms with Crippen molar-refractivity contribution in [2.45, 2.75) is 13.3 Å². The number of carbonyl (C=O) groups excluding carboxylic acids is 2. The second kappa shape index (κ2) is 9.28. The zero-order chi connectivity index (χ0) is 22.7. The van der Waals surface area contributed by atoms with Crippen LogP contribution in [0.3, 0.4) is 0 Å². The quantitative estimate of drug-likeness (QED) is 0.513. The summed E-state index contributed by atoms with van der Waals surface area (Å²) < 4.78 is 5.19. The van der Waals surface area contributed by atoms with Gasteiger partial charge in [0.1, 0.15) is 11.4 Å². The number of imide groups is 1. The molecule has 1 N–H and O–H groups in total. The molecule has 1 aliphatic heterocycles. The number of ether oxygens (including phenoxy) is 1. The van der Waals surface area contributed by atoms with E-state index in [1.54, 1.807) is 13.2 Å². The lowest BCUT2D eigenvalue weighted by atomic mass is 10.0. The maximum absolute atomic E-state index is 13.3. The highest BCUT2D eigenvalue weighted by atomic mass is 35.5. The summed E-state index contributed by atoms with van der Waals surface area (Å²) in [6, 6.07) is 22.3. The van der Waals surface area contributed by atoms with Crippen molar-refractivity contribution >= 4 is 34.7 Å². The molecule has 0 spiro atoms. The summed E-state index contributed by atoms with van der Waals surface area (Å²) in [5, 5.41) is 3.74. The Morgan fingerprint density at radius 1 is 0.938 bits per heavy atom. The van der Waals surface area contributed by atoms with Crippen LogP contribution in [0.5, 0.6) is 5.75 Å². The van der Waals surface area contributed by atoms with Gasteiger partial charge in [-0.2, -0.15) is 0 Å². The van der Waals surface area contributed by atoms with Gasteiger partial charge in [0, 0.05) is 17.3 Å². The summed E-state index contributed by atoms with van der Waals surface area (Å²) in [5.74, 6) is 0.104. The summed E-state index contributed by atoms with van der Waals surface area (Å²) in [7, 11) is 1.61. The van der Waals surface area contributed by atoms with E-state index in [4.69, 9.17) is 16.3 Å². The molecule has 6 heteroatoms. The monoisotopic (exact) mass is 446 g/mol. The SMILES string of the molecule is COc1ccc(CCN2C(=O)C(Nc3ccc(C)c(Cl)c3)=C(c3ccccc3)C2=O)cc1. The van der Waals surface area contributed by atoms with Gasteiger partial charge in [0.05, 0.1) is 12.7 Å². The lowest BCUT2D eigenvalue weighted by Gasteiger charge is -2.15. The molecule has 0 aliphatic carbocycles. The molecular weight excluding hydrogens is 424 g/mol. The summed E-state index contributed by atoms with van der Waals surface area (Å²) in [4.78, 5) is 27.9. The van der Waals surface area contributed by atoms with Crippen molar-refractivity contribution < 1.29 is 14.3 Å². The van der Waals surface area contributed by atoms with E-state index in [9.17, 15) is 9.59 Å². The van der Waals surface area contributed by atoms with E-state index >= 15 is 0 Å². The fourth-order valence-electron chi connectivity index (χ4n) is 3.62. The Balaban J connectivity index is 1.62. The molecule has 0 radical (unpaired) electrons. The highest BCUT2D eigenvalue weighted by molar-refractivity contribution is 6.36. The van der Waals surface area contributed by atoms with Gasteiger partial charge in [-0.1, -0.05) is 60.1 Å². The molecule has 4 rings (SSSR count). The molecule has 1 heterocycles. The van der Waals surface area contributed by atoms with Crippen molar-refractivity contribution in [1.29, 1.82) is 0 Å². The zero-order valence-corrected chi connectivity index (χ0v) is 18.6. The topological polar surface area (TPSA) is 58.6 Å². The van der Waals surface area contributed by atoms with E-state index in [1.807, 2.05) is 73.7 Å². The Labute approximate surface area is 192 Å². The van der Waals surface area contributed by atoms with E-state index in [2.05, 4.69) is 5.32 Å². The summed E-state index contributed by atoms with van der Waals surface area (Å²) in [6.07, 6.45) is 0.549. The van der Waals surface area contributed by atoms with Crippen LogP contribution in [0, 0.1) is 6.92 Å². The van der Waals surface area contributed by atoms with Crippen LogP contribution in [-0.4, -0.2) is 30.4 Å². The smallest absolute Gasteiger partial charge is 0.278 e. The zero-order valence-electron chi connectivity index (χ0n) is 17.9. The number of carbonyl (C=O) groups is 2. The molecule has 0 saturated heterocycles. The maximum Gasteiger partial charge on any atom is 0.278 e. The molecule has 3 aromatic rings. The standard InChI is InChI=1S/C26H23ClN2O3/c1-17-8-11-20(16-22(17)27)28-24-23(19-6-4-3-5-7-19)25(30)29(26(24)31)15-14-18-9-12-21(32-2)13-10-18/h3-13,16,28H,14-15H2,1-2H3. The largest absolute Gasteiger partial charge is 0.497 e. The van der Waals surface area contributed by atoms with Crippen LogP contribution in [0.2, 0.25) is 5.02 Å². The van der Waals surface area contributed by atoms with E-state index in [1.165, 1.54) is 4.90 Å². The van der Waals surface area contributed by atoms with Crippen molar-refractivity contribution in [3.8, 4) is 5.75 Å². The third kappa shape index (κ3) is 4.39. The van der Waals surface area contributed by atoms with Crippen molar-refractivity contribution in [3.05, 3.63) is 100 Å². The Kier molecular flexibility index (Phi) is 6.28. The highest BCUT2D eigenvalue weighted by Gasteiger charge is 2.38. The number of nitrogens with zero attached hydrogens (tertiary/aromatic N) is 1. The third-order valence-electron chi connectivity index (χ3n) is 5.45. The molecule has 2 amide bonds. The highest BCUT2D eigenvalue weighted by Crippen LogP contribution is 2.31. The molecule has 32 heavy (non-hydrogen) atoms. The molecular formula is C26H23ClN2O3. The Bertz CT molecular complexity index is 1190. The number of nitrogens with one attached hydrogen (secondary N) is 1. The van der Waals surface area contributed by atoms with Crippen LogP contribution in [-0.2, 0) is 16.0 Å². The van der Waals surface area contributed by atoms with E-state index in [0.717, 1.165) is 16.9 Å². The molecule has 3 aromatic carbocycles. The first-order valence-corrected chi connectivity index (χ1v) is 10.7. The fraction of sp³-hybridized carbons (Fsp3) is 0.154. The van der Waals surface area contributed by atoms with Gasteiger partial charge in [-0.25, -0.2) is 0 Å². The molecule has 0 fully saturated rings. The fourth-order valence-corrected chi connectivity index (χ4v) is 3.80. The number of hydrogen-bond donors (Lipinski definition) is 1. The van der Waals surface area contributed by atoms with Crippen LogP contribution in [0.15, 0.2) is 78.5 Å². The van der Waals surface area contributed by atoms with Crippen LogP contribution in [0.4, 0.5) is 5.69 Å². The van der Waals surface area contributed by atoms with Gasteiger partial charge in [0.2, 0.25) is 0 Å². The van der Waals surface area contributed by atoms with Gasteiger partial charge in [-0.3, -0.25) is 14.5 Å². The Hall–Kier alpha value is -3.57. The van der Waals surface area contributed by atoms with Crippen LogP contribution in [0.1, 0.15) is 16.7 Å². The van der Waals surface area contributed by atoms with Crippen molar-refractivity contribution in [1.82, 2.24) is 4.90 Å². The normalized spacial score (nSPS) is 13.7. The van der Waals surface area contributed by atoms with Crippen molar-refractivity contribution in [3.63, 3.8) is 0 Å². The predicted octanol–water partition coefficient (Wildman–Crippen LogP) is 5.09. The van der Waals surface area contributed by atoms with Gasteiger partial charge >= 0.3 is 0 Å². The predicted molar refractivity (Wildman–Crippen MR) is 127 cm³/mol. The third-order valence-corrected chi connectivity index (χ3v) is 5.86. The first kappa shape index (κ1) is 21.7. The molecule has 0 unspecified atom stereocenters. The average molecular weight is 447 g/mol. The second-order valence-corrected chi connectivity index (χ2v) is 7.97. The molecule has 0 saturated carbocycles. The van der Waals surface area contributed by atoms with Gasteiger partial charge in [-0.15, -0.1) is 0 Å². The minimum atomic E-state index is -0.348. The number of aryl methyl sites for hydroxylation is 1. The molecule has 0 aromatic heterocycles. The van der Waals surface area contributed by atoms with Gasteiger partial charge in [0.25, 0.3) is 11.8 Å². The Morgan fingerprint density at radius 3 is 2.31 bits per heavy atom. The molecule has 0 bridgehead atoms. The van der Waals surface area contributed by atoms with Crippen molar-refractivity contribution in [2.24, 2.45) is 0 Å². The summed E-state index contributed by atoms with van der Waals surface area (Å²) in [6.45, 7) is 2.19. The Morgan fingerprint density at radius 2 is 1.66 bits per heavy atom. The first-order valence-electron chi connectivity index (χ1n) is 10.3. The summed E-state index contributed by atoms with van der Waals surface area (Å²) in [5.41, 5.74) is 3.92. The number of hydrogen-bond acceptors (Lipinski definition) is 4. The van der Waals surface area contributed by atoms with E-state index in [0.29, 0.717) is 28.3 Å². The second-order valence-electron chi connectivity index (χ2n) is 7.57. The first-order chi connectivity index (χ1) is 15.5. The number of amides is 2. The van der Waals surface area contributed by atoms with Crippen LogP contribution >= 0.6 is 11.6 Å². The summed E-state index contributed by atoms with van der Waals surface area (Å²) >= 11 is 6.26. The molecule has 1 aliphatic rings. The average Bonchev–Trinajstić information content (AvgIpc) is 3.04. The minimum absolute atomic E-state index is 0.260. The molecule has 5 nitrogen and oxygen atoms in total. The number of anilines is 1. The van der Waals surface area contributed by atoms with Gasteiger partial charge < -0.3 is 10.1 Å². The lowest BCUT2D eigenvalue weighted by molar-refractivity contribution is -0.136. The van der Waals surface area contributed by atoms with Gasteiger partial charge in [0.15, 0.2) is 0 Å². The van der Waals surface area contributed by atoms with Crippen LogP contribution in [0.25, 0.3) is 5.57 Å². The lowest BCUT2D eigenvalue weighted by Crippen LogP contribution is -2.34. The number of benzene rings is 3. The number of rotatable bonds is 7. The maximum atomic E-state index is 13.3. The minimum Gasteiger partial charge on any atom is -0.497 e.